The first-order chi connectivity index (χ1) is 11.6. The van der Waals surface area contributed by atoms with Crippen LogP contribution in [0.4, 0.5) is 0 Å². The standard InChI is InChI=1S/C19H19N3O2/c1-13-17(22-9-5-4-8-16(22)21-13)18(23)20-12-19(24)10-14-6-2-3-7-15(14)11-19/h2-9,24H,10-12H2,1H3,(H,20,23). The van der Waals surface area contributed by atoms with E-state index in [9.17, 15) is 9.90 Å². The number of fused-ring (bicyclic) bond motifs is 2. The second-order valence-corrected chi connectivity index (χ2v) is 6.50. The Bertz CT molecular complexity index is 904. The average molecular weight is 321 g/mol. The predicted molar refractivity (Wildman–Crippen MR) is 91.1 cm³/mol. The maximum absolute atomic E-state index is 12.6. The highest BCUT2D eigenvalue weighted by Gasteiger charge is 2.35. The molecule has 122 valence electrons. The number of carbonyl (C=O) groups excluding carboxylic acids is 1. The molecular formula is C19H19N3O2. The molecule has 3 aromatic rings. The molecular weight excluding hydrogens is 302 g/mol. The average Bonchev–Trinajstić information content (AvgIpc) is 3.08. The van der Waals surface area contributed by atoms with Crippen LogP contribution in [0.15, 0.2) is 48.7 Å². The number of aliphatic hydroxyl groups is 1. The van der Waals surface area contributed by atoms with E-state index in [0.29, 0.717) is 24.2 Å². The fourth-order valence-corrected chi connectivity index (χ4v) is 3.51. The molecule has 0 saturated carbocycles. The zero-order valence-corrected chi connectivity index (χ0v) is 13.5. The summed E-state index contributed by atoms with van der Waals surface area (Å²) in [4.78, 5) is 17.0. The minimum atomic E-state index is -0.923. The number of hydrogen-bond donors (Lipinski definition) is 2. The smallest absolute Gasteiger partial charge is 0.270 e. The van der Waals surface area contributed by atoms with Gasteiger partial charge in [0.1, 0.15) is 11.3 Å². The van der Waals surface area contributed by atoms with Crippen molar-refractivity contribution in [3.8, 4) is 0 Å². The van der Waals surface area contributed by atoms with Gasteiger partial charge in [-0.1, -0.05) is 30.3 Å². The number of aromatic nitrogens is 2. The van der Waals surface area contributed by atoms with Crippen molar-refractivity contribution in [2.45, 2.75) is 25.4 Å². The van der Waals surface area contributed by atoms with Crippen molar-refractivity contribution in [3.63, 3.8) is 0 Å². The van der Waals surface area contributed by atoms with E-state index in [-0.39, 0.29) is 12.5 Å². The summed E-state index contributed by atoms with van der Waals surface area (Å²) in [5.74, 6) is -0.212. The zero-order valence-electron chi connectivity index (χ0n) is 13.5. The Hall–Kier alpha value is -2.66. The van der Waals surface area contributed by atoms with Crippen LogP contribution in [0.2, 0.25) is 0 Å². The number of pyridine rings is 1. The lowest BCUT2D eigenvalue weighted by Crippen LogP contribution is -2.44. The quantitative estimate of drug-likeness (QED) is 0.774. The molecule has 0 atom stereocenters. The monoisotopic (exact) mass is 321 g/mol. The summed E-state index contributed by atoms with van der Waals surface area (Å²) in [5.41, 5.74) is 3.33. The van der Waals surface area contributed by atoms with Gasteiger partial charge in [-0.15, -0.1) is 0 Å². The van der Waals surface area contributed by atoms with Crippen molar-refractivity contribution in [1.82, 2.24) is 14.7 Å². The number of benzene rings is 1. The second-order valence-electron chi connectivity index (χ2n) is 6.50. The van der Waals surface area contributed by atoms with Gasteiger partial charge in [0.25, 0.3) is 5.91 Å². The number of hydrogen-bond acceptors (Lipinski definition) is 3. The van der Waals surface area contributed by atoms with Crippen molar-refractivity contribution < 1.29 is 9.90 Å². The van der Waals surface area contributed by atoms with Gasteiger partial charge in [-0.25, -0.2) is 4.98 Å². The molecule has 0 fully saturated rings. The molecule has 5 heteroatoms. The molecule has 0 aliphatic heterocycles. The minimum Gasteiger partial charge on any atom is -0.387 e. The van der Waals surface area contributed by atoms with Gasteiger partial charge >= 0.3 is 0 Å². The summed E-state index contributed by atoms with van der Waals surface area (Å²) in [6.45, 7) is 2.04. The van der Waals surface area contributed by atoms with Crippen LogP contribution in [0.3, 0.4) is 0 Å². The molecule has 2 aromatic heterocycles. The fourth-order valence-electron chi connectivity index (χ4n) is 3.51. The highest BCUT2D eigenvalue weighted by molar-refractivity contribution is 5.94. The number of aryl methyl sites for hydroxylation is 1. The molecule has 5 nitrogen and oxygen atoms in total. The van der Waals surface area contributed by atoms with Crippen molar-refractivity contribution >= 4 is 11.6 Å². The molecule has 24 heavy (non-hydrogen) atoms. The van der Waals surface area contributed by atoms with Crippen molar-refractivity contribution in [2.24, 2.45) is 0 Å². The van der Waals surface area contributed by atoms with Gasteiger partial charge in [0, 0.05) is 25.6 Å². The minimum absolute atomic E-state index is 0.212. The SMILES string of the molecule is Cc1nc2ccccn2c1C(=O)NCC1(O)Cc2ccccc2C1. The number of nitrogens with one attached hydrogen (secondary N) is 1. The molecule has 4 rings (SSSR count). The molecule has 0 spiro atoms. The van der Waals surface area contributed by atoms with Gasteiger partial charge in [-0.2, -0.15) is 0 Å². The normalized spacial score (nSPS) is 15.4. The van der Waals surface area contributed by atoms with Gasteiger partial charge in [0.2, 0.25) is 0 Å². The summed E-state index contributed by atoms with van der Waals surface area (Å²) < 4.78 is 1.78. The van der Waals surface area contributed by atoms with Crippen LogP contribution in [-0.4, -0.2) is 32.5 Å². The number of carbonyl (C=O) groups is 1. The molecule has 1 aliphatic carbocycles. The van der Waals surface area contributed by atoms with Crippen LogP contribution in [0.25, 0.3) is 5.65 Å². The molecule has 1 aliphatic rings. The fraction of sp³-hybridized carbons (Fsp3) is 0.263. The van der Waals surface area contributed by atoms with Crippen molar-refractivity contribution in [2.75, 3.05) is 6.54 Å². The number of nitrogens with zero attached hydrogens (tertiary/aromatic N) is 2. The lowest BCUT2D eigenvalue weighted by Gasteiger charge is -2.22. The van der Waals surface area contributed by atoms with Crippen LogP contribution in [0.1, 0.15) is 27.3 Å². The topological polar surface area (TPSA) is 66.6 Å². The van der Waals surface area contributed by atoms with E-state index in [1.807, 2.05) is 55.6 Å². The summed E-state index contributed by atoms with van der Waals surface area (Å²) in [5, 5.41) is 13.7. The summed E-state index contributed by atoms with van der Waals surface area (Å²) in [7, 11) is 0. The van der Waals surface area contributed by atoms with E-state index in [0.717, 1.165) is 16.8 Å². The highest BCUT2D eigenvalue weighted by Crippen LogP contribution is 2.29. The molecule has 0 saturated heterocycles. The summed E-state index contributed by atoms with van der Waals surface area (Å²) >= 11 is 0. The van der Waals surface area contributed by atoms with Crippen LogP contribution >= 0.6 is 0 Å². The van der Waals surface area contributed by atoms with Crippen LogP contribution < -0.4 is 5.32 Å². The largest absolute Gasteiger partial charge is 0.387 e. The van der Waals surface area contributed by atoms with E-state index < -0.39 is 5.60 Å². The van der Waals surface area contributed by atoms with E-state index in [1.165, 1.54) is 0 Å². The number of imidazole rings is 1. The summed E-state index contributed by atoms with van der Waals surface area (Å²) in [6.07, 6.45) is 2.95. The third-order valence-corrected chi connectivity index (χ3v) is 4.65. The molecule has 2 N–H and O–H groups in total. The van der Waals surface area contributed by atoms with Crippen molar-refractivity contribution in [3.05, 3.63) is 71.2 Å². The Morgan fingerprint density at radius 2 is 1.88 bits per heavy atom. The summed E-state index contributed by atoms with van der Waals surface area (Å²) in [6, 6.07) is 13.6. The Balaban J connectivity index is 1.52. The molecule has 0 radical (unpaired) electrons. The third kappa shape index (κ3) is 2.47. The van der Waals surface area contributed by atoms with Crippen LogP contribution in [0, 0.1) is 6.92 Å². The maximum Gasteiger partial charge on any atom is 0.270 e. The zero-order chi connectivity index (χ0) is 16.7. The van der Waals surface area contributed by atoms with E-state index in [4.69, 9.17) is 0 Å². The predicted octanol–water partition coefficient (Wildman–Crippen LogP) is 1.90. The first kappa shape index (κ1) is 14.9. The van der Waals surface area contributed by atoms with E-state index in [1.54, 1.807) is 4.40 Å². The molecule has 0 bridgehead atoms. The lowest BCUT2D eigenvalue weighted by molar-refractivity contribution is 0.0478. The van der Waals surface area contributed by atoms with Crippen LogP contribution in [0.5, 0.6) is 0 Å². The lowest BCUT2D eigenvalue weighted by atomic mass is 10.0. The first-order valence-electron chi connectivity index (χ1n) is 8.07. The Morgan fingerprint density at radius 3 is 2.58 bits per heavy atom. The van der Waals surface area contributed by atoms with Crippen LogP contribution in [-0.2, 0) is 12.8 Å². The molecule has 2 heterocycles. The van der Waals surface area contributed by atoms with Gasteiger partial charge in [-0.3, -0.25) is 9.20 Å². The Labute approximate surface area is 140 Å². The van der Waals surface area contributed by atoms with Gasteiger partial charge in [0.15, 0.2) is 0 Å². The maximum atomic E-state index is 12.6. The first-order valence-corrected chi connectivity index (χ1v) is 8.07. The second kappa shape index (κ2) is 5.46. The molecule has 1 aromatic carbocycles. The Morgan fingerprint density at radius 1 is 1.21 bits per heavy atom. The van der Waals surface area contributed by atoms with E-state index in [2.05, 4.69) is 10.3 Å². The van der Waals surface area contributed by atoms with Crippen molar-refractivity contribution in [1.29, 1.82) is 0 Å². The number of rotatable bonds is 3. The highest BCUT2D eigenvalue weighted by atomic mass is 16.3. The number of amides is 1. The molecule has 0 unspecified atom stereocenters. The Kier molecular flexibility index (Phi) is 3.39. The molecule has 1 amide bonds. The van der Waals surface area contributed by atoms with E-state index >= 15 is 0 Å². The van der Waals surface area contributed by atoms with Gasteiger partial charge < -0.3 is 10.4 Å². The van der Waals surface area contributed by atoms with Gasteiger partial charge in [-0.05, 0) is 30.2 Å². The van der Waals surface area contributed by atoms with Gasteiger partial charge in [0.05, 0.1) is 11.3 Å². The third-order valence-electron chi connectivity index (χ3n) is 4.65.